The number of hydrogen-bond donors (Lipinski definition) is 1. The van der Waals surface area contributed by atoms with Crippen LogP contribution in [0.2, 0.25) is 0 Å². The first kappa shape index (κ1) is 18.3. The summed E-state index contributed by atoms with van der Waals surface area (Å²) in [5.74, 6) is 7.80. The van der Waals surface area contributed by atoms with Gasteiger partial charge >= 0.3 is 0 Å². The Bertz CT molecular complexity index is 1030. The van der Waals surface area contributed by atoms with E-state index in [0.29, 0.717) is 5.96 Å². The molecule has 4 heteroatoms. The number of guanidine groups is 1. The maximum Gasteiger partial charge on any atom is 0.220 e. The van der Waals surface area contributed by atoms with Gasteiger partial charge in [-0.1, -0.05) is 43.0 Å². The largest absolute Gasteiger partial charge is 0.368 e. The molecule has 1 saturated carbocycles. The molecule has 29 heavy (non-hydrogen) atoms. The van der Waals surface area contributed by atoms with Crippen LogP contribution >= 0.6 is 0 Å². The molecule has 0 saturated heterocycles. The fourth-order valence-electron chi connectivity index (χ4n) is 5.21. The Morgan fingerprint density at radius 3 is 2.48 bits per heavy atom. The zero-order valence-corrected chi connectivity index (χ0v) is 17.1. The van der Waals surface area contributed by atoms with Crippen LogP contribution in [-0.4, -0.2) is 18.1 Å². The summed E-state index contributed by atoms with van der Waals surface area (Å²) in [5, 5.41) is 1.64. The predicted molar refractivity (Wildman–Crippen MR) is 115 cm³/mol. The highest BCUT2D eigenvalue weighted by atomic mass is 16.7. The van der Waals surface area contributed by atoms with Gasteiger partial charge < -0.3 is 5.73 Å². The topological polar surface area (TPSA) is 50.8 Å². The number of nitrogens with zero attached hydrogens (tertiary/aromatic N) is 2. The number of hydrogen-bond acceptors (Lipinski definition) is 4. The molecule has 0 bridgehead atoms. The van der Waals surface area contributed by atoms with Gasteiger partial charge in [-0.05, 0) is 67.9 Å². The first-order chi connectivity index (χ1) is 14.0. The van der Waals surface area contributed by atoms with Crippen LogP contribution < -0.4 is 5.73 Å². The average Bonchev–Trinajstić information content (AvgIpc) is 3.17. The van der Waals surface area contributed by atoms with Gasteiger partial charge in [-0.25, -0.2) is 14.9 Å². The van der Waals surface area contributed by atoms with Crippen molar-refractivity contribution in [3.8, 4) is 11.8 Å². The molecule has 1 fully saturated rings. The van der Waals surface area contributed by atoms with Gasteiger partial charge in [0.25, 0.3) is 0 Å². The van der Waals surface area contributed by atoms with E-state index in [1.165, 1.54) is 18.4 Å². The van der Waals surface area contributed by atoms with E-state index >= 15 is 0 Å². The summed E-state index contributed by atoms with van der Waals surface area (Å²) in [4.78, 5) is 11.4. The molecule has 4 nitrogen and oxygen atoms in total. The normalized spacial score (nSPS) is 30.2. The van der Waals surface area contributed by atoms with Crippen LogP contribution in [0.4, 0.5) is 0 Å². The molecule has 2 spiro atoms. The molecule has 2 N–H and O–H groups in total. The predicted octanol–water partition coefficient (Wildman–Crippen LogP) is 4.18. The first-order valence-corrected chi connectivity index (χ1v) is 10.5. The van der Waals surface area contributed by atoms with Gasteiger partial charge in [0.2, 0.25) is 11.7 Å². The van der Waals surface area contributed by atoms with Crippen molar-refractivity contribution in [2.24, 2.45) is 22.1 Å². The van der Waals surface area contributed by atoms with E-state index in [1.807, 2.05) is 37.4 Å². The van der Waals surface area contributed by atoms with Crippen LogP contribution in [0.5, 0.6) is 0 Å². The third-order valence-electron chi connectivity index (χ3n) is 6.94. The summed E-state index contributed by atoms with van der Waals surface area (Å²) in [7, 11) is 1.85. The standard InChI is InChI=1S/C25H27N3O/c1-18-12-14-24(15-13-18)17-21-11-10-20(9-8-19-6-4-3-5-7-19)16-22(21)25(24)27-23(26)28(2)29-25/h3-7,10-11,16,18H,12-15,17H2,1-2H3,(H2,26,27). The Hall–Kier alpha value is -2.77. The number of nitrogens with two attached hydrogens (primary N) is 1. The lowest BCUT2D eigenvalue weighted by molar-refractivity contribution is -0.229. The van der Waals surface area contributed by atoms with Gasteiger partial charge in [-0.15, -0.1) is 0 Å². The van der Waals surface area contributed by atoms with E-state index in [1.54, 1.807) is 5.06 Å². The summed E-state index contributed by atoms with van der Waals surface area (Å²) >= 11 is 0. The second-order valence-electron chi connectivity index (χ2n) is 8.83. The molecule has 2 aromatic rings. The minimum Gasteiger partial charge on any atom is -0.368 e. The minimum absolute atomic E-state index is 0.0251. The van der Waals surface area contributed by atoms with Crippen LogP contribution in [0.1, 0.15) is 54.9 Å². The van der Waals surface area contributed by atoms with E-state index in [-0.39, 0.29) is 5.41 Å². The zero-order chi connectivity index (χ0) is 20.1. The van der Waals surface area contributed by atoms with Crippen molar-refractivity contribution >= 4 is 5.96 Å². The quantitative estimate of drug-likeness (QED) is 0.692. The van der Waals surface area contributed by atoms with Gasteiger partial charge in [-0.3, -0.25) is 0 Å². The van der Waals surface area contributed by atoms with Crippen molar-refractivity contribution in [3.05, 3.63) is 70.8 Å². The van der Waals surface area contributed by atoms with Crippen LogP contribution in [0.15, 0.2) is 53.5 Å². The Morgan fingerprint density at radius 1 is 1.07 bits per heavy atom. The molecule has 1 aliphatic heterocycles. The average molecular weight is 386 g/mol. The van der Waals surface area contributed by atoms with Crippen molar-refractivity contribution in [2.75, 3.05) is 7.05 Å². The molecule has 0 aromatic heterocycles. The fourth-order valence-corrected chi connectivity index (χ4v) is 5.21. The first-order valence-electron chi connectivity index (χ1n) is 10.5. The Kier molecular flexibility index (Phi) is 4.18. The Balaban J connectivity index is 1.58. The highest BCUT2D eigenvalue weighted by Gasteiger charge is 2.63. The molecule has 1 atom stereocenters. The second kappa shape index (κ2) is 6.64. The summed E-state index contributed by atoms with van der Waals surface area (Å²) in [6.07, 6.45) is 5.63. The number of fused-ring (bicyclic) bond motifs is 3. The van der Waals surface area contributed by atoms with Gasteiger partial charge in [0, 0.05) is 29.2 Å². The van der Waals surface area contributed by atoms with Gasteiger partial charge in [0.15, 0.2) is 0 Å². The van der Waals surface area contributed by atoms with Gasteiger partial charge in [0.05, 0.1) is 0 Å². The van der Waals surface area contributed by atoms with Gasteiger partial charge in [-0.2, -0.15) is 0 Å². The molecular weight excluding hydrogens is 358 g/mol. The summed E-state index contributed by atoms with van der Waals surface area (Å²) in [6.45, 7) is 2.35. The lowest BCUT2D eigenvalue weighted by Gasteiger charge is -2.44. The molecule has 0 radical (unpaired) electrons. The smallest absolute Gasteiger partial charge is 0.220 e. The molecule has 1 unspecified atom stereocenters. The van der Waals surface area contributed by atoms with Crippen LogP contribution in [0, 0.1) is 23.2 Å². The SMILES string of the molecule is CC1CCC2(CC1)Cc1ccc(C#Cc3ccccc3)cc1C21N=C(N)N(C)O1. The number of benzene rings is 2. The number of aliphatic imine (C=N–C) groups is 1. The zero-order valence-electron chi connectivity index (χ0n) is 17.1. The molecule has 2 aliphatic carbocycles. The van der Waals surface area contributed by atoms with E-state index in [9.17, 15) is 0 Å². The van der Waals surface area contributed by atoms with Crippen molar-refractivity contribution < 1.29 is 4.84 Å². The summed E-state index contributed by atoms with van der Waals surface area (Å²) in [5.41, 5.74) is 9.92. The van der Waals surface area contributed by atoms with E-state index in [4.69, 9.17) is 15.6 Å². The molecule has 148 valence electrons. The van der Waals surface area contributed by atoms with Crippen molar-refractivity contribution in [2.45, 2.75) is 44.8 Å². The highest BCUT2D eigenvalue weighted by molar-refractivity contribution is 5.79. The van der Waals surface area contributed by atoms with Crippen LogP contribution in [0.25, 0.3) is 0 Å². The molecule has 2 aromatic carbocycles. The number of hydroxylamine groups is 2. The molecule has 0 amide bonds. The Morgan fingerprint density at radius 2 is 1.79 bits per heavy atom. The second-order valence-corrected chi connectivity index (χ2v) is 8.83. The van der Waals surface area contributed by atoms with E-state index in [0.717, 1.165) is 41.9 Å². The monoisotopic (exact) mass is 385 g/mol. The fraction of sp³-hybridized carbons (Fsp3) is 0.400. The van der Waals surface area contributed by atoms with E-state index < -0.39 is 5.72 Å². The molecular formula is C25H27N3O. The van der Waals surface area contributed by atoms with E-state index in [2.05, 4.69) is 37.0 Å². The maximum atomic E-state index is 6.45. The molecule has 1 heterocycles. The van der Waals surface area contributed by atoms with Crippen LogP contribution in [-0.2, 0) is 17.0 Å². The minimum atomic E-state index is -0.717. The Labute approximate surface area is 172 Å². The third-order valence-corrected chi connectivity index (χ3v) is 6.94. The lowest BCUT2D eigenvalue weighted by atomic mass is 9.65. The molecule has 3 aliphatic rings. The lowest BCUT2D eigenvalue weighted by Crippen LogP contribution is -2.45. The van der Waals surface area contributed by atoms with Crippen molar-refractivity contribution in [1.29, 1.82) is 0 Å². The van der Waals surface area contributed by atoms with Crippen LogP contribution in [0.3, 0.4) is 0 Å². The van der Waals surface area contributed by atoms with Crippen molar-refractivity contribution in [1.82, 2.24) is 5.06 Å². The highest BCUT2D eigenvalue weighted by Crippen LogP contribution is 2.62. The number of rotatable bonds is 0. The summed E-state index contributed by atoms with van der Waals surface area (Å²) < 4.78 is 0. The molecule has 5 rings (SSSR count). The summed E-state index contributed by atoms with van der Waals surface area (Å²) in [6, 6.07) is 16.6. The van der Waals surface area contributed by atoms with Crippen molar-refractivity contribution in [3.63, 3.8) is 0 Å². The maximum absolute atomic E-state index is 6.45. The third kappa shape index (κ3) is 2.84. The van der Waals surface area contributed by atoms with Gasteiger partial charge in [0.1, 0.15) is 0 Å².